The lowest BCUT2D eigenvalue weighted by Gasteiger charge is -2.07. The summed E-state index contributed by atoms with van der Waals surface area (Å²) in [5.41, 5.74) is 5.52. The summed E-state index contributed by atoms with van der Waals surface area (Å²) in [7, 11) is 0. The van der Waals surface area contributed by atoms with Gasteiger partial charge in [-0.25, -0.2) is 4.98 Å². The Kier molecular flexibility index (Phi) is 3.42. The SMILES string of the molecule is CCc1ccc2c(c1)c(C)cc1nc(C(=O)c3ccccc3)cn12. The van der Waals surface area contributed by atoms with Gasteiger partial charge in [0.15, 0.2) is 0 Å². The van der Waals surface area contributed by atoms with Crippen molar-refractivity contribution in [2.45, 2.75) is 20.3 Å². The highest BCUT2D eigenvalue weighted by molar-refractivity contribution is 6.08. The van der Waals surface area contributed by atoms with Gasteiger partial charge in [0.2, 0.25) is 5.78 Å². The number of ketones is 1. The molecule has 0 unspecified atom stereocenters. The van der Waals surface area contributed by atoms with Crippen LogP contribution in [-0.4, -0.2) is 15.2 Å². The Morgan fingerprint density at radius 2 is 1.88 bits per heavy atom. The van der Waals surface area contributed by atoms with E-state index >= 15 is 0 Å². The van der Waals surface area contributed by atoms with Crippen molar-refractivity contribution in [2.75, 3.05) is 0 Å². The predicted molar refractivity (Wildman–Crippen MR) is 96.7 cm³/mol. The molecule has 0 aliphatic rings. The maximum absolute atomic E-state index is 12.7. The van der Waals surface area contributed by atoms with Crippen LogP contribution in [0.25, 0.3) is 16.6 Å². The third-order valence-corrected chi connectivity index (χ3v) is 4.50. The van der Waals surface area contributed by atoms with E-state index in [1.807, 2.05) is 47.0 Å². The number of benzene rings is 2. The topological polar surface area (TPSA) is 34.4 Å². The van der Waals surface area contributed by atoms with Crippen LogP contribution in [0.4, 0.5) is 0 Å². The molecule has 0 spiro atoms. The van der Waals surface area contributed by atoms with Crippen molar-refractivity contribution in [1.29, 1.82) is 0 Å². The van der Waals surface area contributed by atoms with Gasteiger partial charge < -0.3 is 0 Å². The van der Waals surface area contributed by atoms with Gasteiger partial charge >= 0.3 is 0 Å². The van der Waals surface area contributed by atoms with Gasteiger partial charge in [-0.15, -0.1) is 0 Å². The minimum atomic E-state index is -0.0460. The molecule has 0 bridgehead atoms. The second kappa shape index (κ2) is 5.60. The number of imidazole rings is 1. The lowest BCUT2D eigenvalue weighted by molar-refractivity contribution is 0.103. The van der Waals surface area contributed by atoms with E-state index < -0.39 is 0 Å². The molecule has 2 heterocycles. The van der Waals surface area contributed by atoms with E-state index in [-0.39, 0.29) is 5.78 Å². The van der Waals surface area contributed by atoms with E-state index in [0.29, 0.717) is 11.3 Å². The second-order valence-electron chi connectivity index (χ2n) is 6.08. The maximum Gasteiger partial charge on any atom is 0.212 e. The van der Waals surface area contributed by atoms with Crippen LogP contribution < -0.4 is 0 Å². The number of carbonyl (C=O) groups is 1. The molecule has 0 amide bonds. The lowest BCUT2D eigenvalue weighted by Crippen LogP contribution is -2.00. The maximum atomic E-state index is 12.7. The normalized spacial score (nSPS) is 11.2. The van der Waals surface area contributed by atoms with Gasteiger partial charge in [-0.05, 0) is 42.7 Å². The van der Waals surface area contributed by atoms with Crippen molar-refractivity contribution in [1.82, 2.24) is 9.38 Å². The zero-order valence-electron chi connectivity index (χ0n) is 13.8. The Balaban J connectivity index is 1.92. The highest BCUT2D eigenvalue weighted by atomic mass is 16.1. The van der Waals surface area contributed by atoms with Gasteiger partial charge in [0.05, 0.1) is 5.52 Å². The van der Waals surface area contributed by atoms with Crippen LogP contribution in [0.15, 0.2) is 60.8 Å². The molecule has 4 aromatic rings. The minimum Gasteiger partial charge on any atom is -0.299 e. The molecule has 0 saturated carbocycles. The number of aromatic nitrogens is 2. The Morgan fingerprint density at radius 3 is 2.62 bits per heavy atom. The first-order valence-electron chi connectivity index (χ1n) is 8.18. The molecule has 2 aromatic heterocycles. The first-order chi connectivity index (χ1) is 11.7. The average Bonchev–Trinajstić information content (AvgIpc) is 3.05. The van der Waals surface area contributed by atoms with Crippen molar-refractivity contribution in [3.8, 4) is 0 Å². The summed E-state index contributed by atoms with van der Waals surface area (Å²) < 4.78 is 2.01. The summed E-state index contributed by atoms with van der Waals surface area (Å²) >= 11 is 0. The fourth-order valence-electron chi connectivity index (χ4n) is 3.14. The standard InChI is InChI=1S/C21H18N2O/c1-3-15-9-10-19-17(12-15)14(2)11-20-22-18(13-23(19)20)21(24)16-7-5-4-6-8-16/h4-13H,3H2,1-2H3. The zero-order valence-corrected chi connectivity index (χ0v) is 13.8. The van der Waals surface area contributed by atoms with Crippen molar-refractivity contribution in [2.24, 2.45) is 0 Å². The molecule has 118 valence electrons. The van der Waals surface area contributed by atoms with E-state index in [0.717, 1.165) is 17.6 Å². The van der Waals surface area contributed by atoms with Crippen molar-refractivity contribution in [3.63, 3.8) is 0 Å². The first kappa shape index (κ1) is 14.6. The molecule has 3 nitrogen and oxygen atoms in total. The first-order valence-corrected chi connectivity index (χ1v) is 8.18. The van der Waals surface area contributed by atoms with E-state index in [1.54, 1.807) is 0 Å². The van der Waals surface area contributed by atoms with Crippen molar-refractivity contribution in [3.05, 3.63) is 83.2 Å². The van der Waals surface area contributed by atoms with Crippen molar-refractivity contribution < 1.29 is 4.79 Å². The number of carbonyl (C=O) groups excluding carboxylic acids is 1. The Bertz CT molecular complexity index is 1060. The molecule has 0 atom stereocenters. The van der Waals surface area contributed by atoms with Crippen LogP contribution in [0.5, 0.6) is 0 Å². The summed E-state index contributed by atoms with van der Waals surface area (Å²) in [6.45, 7) is 4.25. The molecule has 0 radical (unpaired) electrons. The van der Waals surface area contributed by atoms with Gasteiger partial charge in [0.1, 0.15) is 11.3 Å². The molecule has 4 rings (SSSR count). The molecule has 0 aliphatic heterocycles. The summed E-state index contributed by atoms with van der Waals surface area (Å²) in [6.07, 6.45) is 2.85. The van der Waals surface area contributed by atoms with Gasteiger partial charge in [0, 0.05) is 17.1 Å². The molecule has 3 heteroatoms. The molecule has 24 heavy (non-hydrogen) atoms. The van der Waals surface area contributed by atoms with E-state index in [1.165, 1.54) is 16.5 Å². The molecule has 0 aliphatic carbocycles. The van der Waals surface area contributed by atoms with E-state index in [2.05, 4.69) is 37.0 Å². The molecule has 0 fully saturated rings. The Labute approximate surface area is 140 Å². The van der Waals surface area contributed by atoms with Crippen LogP contribution in [-0.2, 0) is 6.42 Å². The highest BCUT2D eigenvalue weighted by Crippen LogP contribution is 2.24. The summed E-state index contributed by atoms with van der Waals surface area (Å²) in [5.74, 6) is -0.0460. The molecule has 0 N–H and O–H groups in total. The fraction of sp³-hybridized carbons (Fsp3) is 0.143. The van der Waals surface area contributed by atoms with Crippen LogP contribution in [0.1, 0.15) is 34.1 Å². The number of pyridine rings is 1. The molecular weight excluding hydrogens is 296 g/mol. The van der Waals surface area contributed by atoms with Crippen molar-refractivity contribution >= 4 is 22.3 Å². The van der Waals surface area contributed by atoms with Crippen LogP contribution >= 0.6 is 0 Å². The highest BCUT2D eigenvalue weighted by Gasteiger charge is 2.15. The number of hydrogen-bond acceptors (Lipinski definition) is 2. The number of hydrogen-bond donors (Lipinski definition) is 0. The van der Waals surface area contributed by atoms with E-state index in [9.17, 15) is 4.79 Å². The molecule has 0 saturated heterocycles. The Hall–Kier alpha value is -2.94. The summed E-state index contributed by atoms with van der Waals surface area (Å²) in [6, 6.07) is 17.8. The smallest absolute Gasteiger partial charge is 0.212 e. The number of nitrogens with zero attached hydrogens (tertiary/aromatic N) is 2. The number of aryl methyl sites for hydroxylation is 2. The second-order valence-corrected chi connectivity index (χ2v) is 6.08. The largest absolute Gasteiger partial charge is 0.299 e. The van der Waals surface area contributed by atoms with Gasteiger partial charge in [-0.1, -0.05) is 43.3 Å². The Morgan fingerprint density at radius 1 is 1.08 bits per heavy atom. The van der Waals surface area contributed by atoms with Crippen LogP contribution in [0.2, 0.25) is 0 Å². The lowest BCUT2D eigenvalue weighted by atomic mass is 10.1. The fourth-order valence-corrected chi connectivity index (χ4v) is 3.14. The molecule has 2 aromatic carbocycles. The summed E-state index contributed by atoms with van der Waals surface area (Å²) in [4.78, 5) is 17.2. The van der Waals surface area contributed by atoms with Gasteiger partial charge in [0.25, 0.3) is 0 Å². The molecular formula is C21H18N2O. The van der Waals surface area contributed by atoms with Gasteiger partial charge in [-0.2, -0.15) is 0 Å². The third-order valence-electron chi connectivity index (χ3n) is 4.50. The van der Waals surface area contributed by atoms with Gasteiger partial charge in [-0.3, -0.25) is 9.20 Å². The number of rotatable bonds is 3. The van der Waals surface area contributed by atoms with Crippen LogP contribution in [0.3, 0.4) is 0 Å². The predicted octanol–water partition coefficient (Wildman–Crippen LogP) is 4.59. The minimum absolute atomic E-state index is 0.0460. The monoisotopic (exact) mass is 314 g/mol. The quantitative estimate of drug-likeness (QED) is 0.518. The van der Waals surface area contributed by atoms with Crippen LogP contribution in [0, 0.1) is 6.92 Å². The number of fused-ring (bicyclic) bond motifs is 3. The van der Waals surface area contributed by atoms with E-state index in [4.69, 9.17) is 0 Å². The third kappa shape index (κ3) is 2.29. The zero-order chi connectivity index (χ0) is 16.7. The average molecular weight is 314 g/mol. The summed E-state index contributed by atoms with van der Waals surface area (Å²) in [5, 5.41) is 1.21.